The molecule has 5 nitrogen and oxygen atoms in total. The number of carbonyl (C=O) groups excluding carboxylic acids is 1. The van der Waals surface area contributed by atoms with Gasteiger partial charge in [-0.05, 0) is 40.5 Å². The summed E-state index contributed by atoms with van der Waals surface area (Å²) in [5, 5.41) is 9.75. The Hall–Kier alpha value is -1.31. The van der Waals surface area contributed by atoms with Gasteiger partial charge in [0, 0.05) is 42.5 Å². The van der Waals surface area contributed by atoms with Crippen molar-refractivity contribution < 1.29 is 4.79 Å². The van der Waals surface area contributed by atoms with E-state index >= 15 is 0 Å². The van der Waals surface area contributed by atoms with Crippen LogP contribution in [0.5, 0.6) is 0 Å². The van der Waals surface area contributed by atoms with Crippen LogP contribution in [-0.2, 0) is 6.54 Å². The van der Waals surface area contributed by atoms with Gasteiger partial charge in [0.05, 0.1) is 4.47 Å². The van der Waals surface area contributed by atoms with Crippen molar-refractivity contribution in [2.75, 3.05) is 29.9 Å². The van der Waals surface area contributed by atoms with Crippen LogP contribution in [0.1, 0.15) is 21.7 Å². The second-order valence-electron chi connectivity index (χ2n) is 5.55. The van der Waals surface area contributed by atoms with Gasteiger partial charge in [-0.3, -0.25) is 14.8 Å². The molecule has 0 bridgehead atoms. The highest BCUT2D eigenvalue weighted by atomic mass is 79.9. The van der Waals surface area contributed by atoms with Crippen LogP contribution in [0.3, 0.4) is 0 Å². The molecule has 2 N–H and O–H groups in total. The Balaban J connectivity index is 1.67. The number of hydrogen-bond acceptors (Lipinski definition) is 4. The molecule has 2 aromatic rings. The van der Waals surface area contributed by atoms with Gasteiger partial charge in [0.15, 0.2) is 5.69 Å². The first-order chi connectivity index (χ1) is 11.1. The summed E-state index contributed by atoms with van der Waals surface area (Å²) < 4.78 is 0.706. The van der Waals surface area contributed by atoms with E-state index in [0.717, 1.165) is 31.0 Å². The first-order valence-electron chi connectivity index (χ1n) is 7.54. The highest BCUT2D eigenvalue weighted by Gasteiger charge is 2.16. The number of hydrogen-bond donors (Lipinski definition) is 2. The molecular formula is C16H19BrN4OS. The van der Waals surface area contributed by atoms with Crippen LogP contribution in [0.4, 0.5) is 5.69 Å². The number of anilines is 1. The molecule has 0 spiro atoms. The minimum atomic E-state index is -0.215. The first-order valence-corrected chi connectivity index (χ1v) is 9.49. The van der Waals surface area contributed by atoms with Gasteiger partial charge in [-0.1, -0.05) is 12.1 Å². The maximum absolute atomic E-state index is 12.3. The predicted octanol–water partition coefficient (Wildman–Crippen LogP) is 3.28. The average molecular weight is 395 g/mol. The van der Waals surface area contributed by atoms with E-state index in [1.54, 1.807) is 0 Å². The number of benzene rings is 1. The van der Waals surface area contributed by atoms with Crippen molar-refractivity contribution in [3.8, 4) is 0 Å². The van der Waals surface area contributed by atoms with Crippen molar-refractivity contribution in [3.05, 3.63) is 45.7 Å². The summed E-state index contributed by atoms with van der Waals surface area (Å²) in [7, 11) is 0. The molecule has 122 valence electrons. The summed E-state index contributed by atoms with van der Waals surface area (Å²) in [6.45, 7) is 5.04. The van der Waals surface area contributed by atoms with Gasteiger partial charge in [0.25, 0.3) is 5.91 Å². The highest BCUT2D eigenvalue weighted by molar-refractivity contribution is 9.10. The molecule has 1 saturated heterocycles. The van der Waals surface area contributed by atoms with Crippen molar-refractivity contribution in [2.45, 2.75) is 13.5 Å². The van der Waals surface area contributed by atoms with Crippen LogP contribution in [0.15, 0.2) is 28.7 Å². The third-order valence-electron chi connectivity index (χ3n) is 3.78. The second kappa shape index (κ2) is 7.51. The minimum absolute atomic E-state index is 0.215. The fourth-order valence-electron chi connectivity index (χ4n) is 2.52. The zero-order chi connectivity index (χ0) is 16.2. The Bertz CT molecular complexity index is 697. The monoisotopic (exact) mass is 394 g/mol. The Morgan fingerprint density at radius 2 is 2.22 bits per heavy atom. The Morgan fingerprint density at radius 1 is 1.43 bits per heavy atom. The number of thioether (sulfide) groups is 1. The molecule has 2 heterocycles. The lowest BCUT2D eigenvalue weighted by Crippen LogP contribution is -2.31. The number of nitrogens with zero attached hydrogens (tertiary/aromatic N) is 2. The van der Waals surface area contributed by atoms with Gasteiger partial charge in [-0.2, -0.15) is 16.9 Å². The molecule has 1 aliphatic rings. The smallest absolute Gasteiger partial charge is 0.277 e. The topological polar surface area (TPSA) is 61.0 Å². The number of carbonyl (C=O) groups is 1. The van der Waals surface area contributed by atoms with Gasteiger partial charge in [0.1, 0.15) is 0 Å². The van der Waals surface area contributed by atoms with E-state index in [1.807, 2.05) is 36.9 Å². The number of amides is 1. The van der Waals surface area contributed by atoms with Crippen LogP contribution in [0.25, 0.3) is 0 Å². The maximum atomic E-state index is 12.3. The minimum Gasteiger partial charge on any atom is -0.321 e. The molecule has 3 rings (SSSR count). The lowest BCUT2D eigenvalue weighted by molar-refractivity contribution is 0.102. The van der Waals surface area contributed by atoms with E-state index in [-0.39, 0.29) is 5.91 Å². The summed E-state index contributed by atoms with van der Waals surface area (Å²) in [4.78, 5) is 14.8. The van der Waals surface area contributed by atoms with Gasteiger partial charge in [-0.25, -0.2) is 0 Å². The number of aromatic nitrogens is 2. The molecule has 1 aliphatic heterocycles. The van der Waals surface area contributed by atoms with Crippen LogP contribution in [-0.4, -0.2) is 45.6 Å². The van der Waals surface area contributed by atoms with Crippen LogP contribution in [0.2, 0.25) is 0 Å². The Kier molecular flexibility index (Phi) is 5.40. The van der Waals surface area contributed by atoms with Crippen molar-refractivity contribution in [1.82, 2.24) is 15.1 Å². The first kappa shape index (κ1) is 16.5. The number of aromatic amines is 1. The van der Waals surface area contributed by atoms with Crippen molar-refractivity contribution in [3.63, 3.8) is 0 Å². The fraction of sp³-hybridized carbons (Fsp3) is 0.375. The highest BCUT2D eigenvalue weighted by Crippen LogP contribution is 2.20. The molecule has 7 heteroatoms. The van der Waals surface area contributed by atoms with Gasteiger partial charge < -0.3 is 5.32 Å². The lowest BCUT2D eigenvalue weighted by Gasteiger charge is -2.26. The van der Waals surface area contributed by atoms with Gasteiger partial charge in [-0.15, -0.1) is 0 Å². The number of nitrogens with one attached hydrogen (secondary N) is 2. The van der Waals surface area contributed by atoms with Crippen LogP contribution < -0.4 is 5.32 Å². The standard InChI is InChI=1S/C16H19BrN4OS/c1-11-14(17)15(20-19-11)16(22)18-13-4-2-3-12(9-13)10-21-5-7-23-8-6-21/h2-4,9H,5-8,10H2,1H3,(H,18,22)(H,19,20). The summed E-state index contributed by atoms with van der Waals surface area (Å²) in [6.07, 6.45) is 0. The summed E-state index contributed by atoms with van der Waals surface area (Å²) in [6, 6.07) is 8.02. The van der Waals surface area contributed by atoms with Crippen molar-refractivity contribution in [2.24, 2.45) is 0 Å². The zero-order valence-corrected chi connectivity index (χ0v) is 15.3. The largest absolute Gasteiger partial charge is 0.321 e. The molecule has 23 heavy (non-hydrogen) atoms. The molecule has 1 aromatic heterocycles. The molecule has 0 saturated carbocycles. The fourth-order valence-corrected chi connectivity index (χ4v) is 3.86. The Labute approximate surface area is 148 Å². The molecule has 0 radical (unpaired) electrons. The maximum Gasteiger partial charge on any atom is 0.277 e. The normalized spacial score (nSPS) is 15.6. The SMILES string of the molecule is Cc1[nH]nc(C(=O)Nc2cccc(CN3CCSCC3)c2)c1Br. The zero-order valence-electron chi connectivity index (χ0n) is 12.9. The lowest BCUT2D eigenvalue weighted by atomic mass is 10.2. The summed E-state index contributed by atoms with van der Waals surface area (Å²) in [5.41, 5.74) is 3.23. The molecule has 1 aromatic carbocycles. The van der Waals surface area contributed by atoms with Crippen LogP contribution >= 0.6 is 27.7 Å². The van der Waals surface area contributed by atoms with Crippen molar-refractivity contribution >= 4 is 39.3 Å². The van der Waals surface area contributed by atoms with E-state index in [9.17, 15) is 4.79 Å². The number of halogens is 1. The quantitative estimate of drug-likeness (QED) is 0.834. The van der Waals surface area contributed by atoms with E-state index in [0.29, 0.717) is 10.2 Å². The van der Waals surface area contributed by atoms with E-state index < -0.39 is 0 Å². The second-order valence-corrected chi connectivity index (χ2v) is 7.57. The van der Waals surface area contributed by atoms with Crippen molar-refractivity contribution in [1.29, 1.82) is 0 Å². The van der Waals surface area contributed by atoms with E-state index in [4.69, 9.17) is 0 Å². The Morgan fingerprint density at radius 3 is 2.91 bits per heavy atom. The molecule has 0 unspecified atom stereocenters. The van der Waals surface area contributed by atoms with Gasteiger partial charge >= 0.3 is 0 Å². The van der Waals surface area contributed by atoms with E-state index in [2.05, 4.69) is 42.4 Å². The van der Waals surface area contributed by atoms with Crippen LogP contribution in [0, 0.1) is 6.92 Å². The molecular weight excluding hydrogens is 376 g/mol. The number of aryl methyl sites for hydroxylation is 1. The molecule has 1 amide bonds. The summed E-state index contributed by atoms with van der Waals surface area (Å²) in [5.74, 6) is 2.18. The third kappa shape index (κ3) is 4.16. The predicted molar refractivity (Wildman–Crippen MR) is 98.0 cm³/mol. The number of rotatable bonds is 4. The average Bonchev–Trinajstić information content (AvgIpc) is 2.88. The summed E-state index contributed by atoms with van der Waals surface area (Å²) >= 11 is 5.39. The molecule has 1 fully saturated rings. The number of H-pyrrole nitrogens is 1. The molecule has 0 aliphatic carbocycles. The third-order valence-corrected chi connectivity index (χ3v) is 5.70. The van der Waals surface area contributed by atoms with Gasteiger partial charge in [0.2, 0.25) is 0 Å². The van der Waals surface area contributed by atoms with E-state index in [1.165, 1.54) is 17.1 Å². The molecule has 0 atom stereocenters.